The highest BCUT2D eigenvalue weighted by molar-refractivity contribution is 6.30. The number of amides is 2. The van der Waals surface area contributed by atoms with Crippen LogP contribution in [0.4, 0.5) is 18.0 Å². The van der Waals surface area contributed by atoms with Gasteiger partial charge in [-0.05, 0) is 19.9 Å². The third kappa shape index (κ3) is 4.18. The number of carbonyl (C=O) groups excluding carboxylic acids is 2. The molecule has 0 spiro atoms. The second-order valence-corrected chi connectivity index (χ2v) is 5.85. The van der Waals surface area contributed by atoms with Crippen LogP contribution in [-0.4, -0.2) is 29.2 Å². The normalized spacial score (nSPS) is 17.6. The fourth-order valence-corrected chi connectivity index (χ4v) is 2.67. The number of aromatic nitrogens is 1. The molecule has 2 N–H and O–H groups in total. The molecule has 0 radical (unpaired) electrons. The van der Waals surface area contributed by atoms with Crippen LogP contribution in [0.15, 0.2) is 28.3 Å². The number of hydrogen-bond acceptors (Lipinski definition) is 4. The summed E-state index contributed by atoms with van der Waals surface area (Å²) in [4.78, 5) is 35.9. The number of urea groups is 1. The standard InChI is InChI=1S/C15H15ClF3N3O4/c1-3-26-13(24)11-7(2)20-14(25)21-10(11)6-22-5-8(15(17,18)19)4-9(16)12(22)23/h4-5,7H,3,6H2,1-2H3,(H2,20,21,25)/t7-/m1/s1. The van der Waals surface area contributed by atoms with Gasteiger partial charge >= 0.3 is 18.2 Å². The Balaban J connectivity index is 2.54. The third-order valence-corrected chi connectivity index (χ3v) is 3.83. The largest absolute Gasteiger partial charge is 0.463 e. The van der Waals surface area contributed by atoms with E-state index in [9.17, 15) is 27.6 Å². The molecule has 2 heterocycles. The zero-order valence-corrected chi connectivity index (χ0v) is 14.5. The summed E-state index contributed by atoms with van der Waals surface area (Å²) in [5, 5.41) is 4.15. The number of carbonyl (C=O) groups is 2. The minimum atomic E-state index is -4.72. The minimum Gasteiger partial charge on any atom is -0.463 e. The molecule has 1 aliphatic heterocycles. The molecule has 0 saturated heterocycles. The molecule has 0 fully saturated rings. The first-order valence-electron chi connectivity index (χ1n) is 7.49. The van der Waals surface area contributed by atoms with E-state index in [0.29, 0.717) is 16.8 Å². The van der Waals surface area contributed by atoms with Crippen LogP contribution >= 0.6 is 11.6 Å². The maximum Gasteiger partial charge on any atom is 0.417 e. The van der Waals surface area contributed by atoms with Gasteiger partial charge in [-0.25, -0.2) is 9.59 Å². The average molecular weight is 394 g/mol. The quantitative estimate of drug-likeness (QED) is 0.766. The maximum absolute atomic E-state index is 12.9. The second-order valence-electron chi connectivity index (χ2n) is 5.44. The number of nitrogens with zero attached hydrogens (tertiary/aromatic N) is 1. The summed E-state index contributed by atoms with van der Waals surface area (Å²) in [5.74, 6) is -0.756. The Labute approximate surface area is 150 Å². The third-order valence-electron chi connectivity index (χ3n) is 3.56. The van der Waals surface area contributed by atoms with Gasteiger partial charge in [-0.15, -0.1) is 0 Å². The van der Waals surface area contributed by atoms with E-state index >= 15 is 0 Å². The van der Waals surface area contributed by atoms with E-state index in [1.165, 1.54) is 6.92 Å². The number of esters is 1. The number of ether oxygens (including phenoxy) is 1. The Morgan fingerprint density at radius 1 is 1.38 bits per heavy atom. The van der Waals surface area contributed by atoms with Gasteiger partial charge in [0, 0.05) is 6.20 Å². The minimum absolute atomic E-state index is 0.00637. The molecule has 1 aromatic heterocycles. The molecule has 142 valence electrons. The number of hydrogen-bond donors (Lipinski definition) is 2. The van der Waals surface area contributed by atoms with Gasteiger partial charge in [0.05, 0.1) is 36.0 Å². The van der Waals surface area contributed by atoms with Crippen molar-refractivity contribution in [1.82, 2.24) is 15.2 Å². The van der Waals surface area contributed by atoms with Gasteiger partial charge in [0.1, 0.15) is 5.02 Å². The Kier molecular flexibility index (Phi) is 5.65. The molecule has 1 aliphatic rings. The maximum atomic E-state index is 12.9. The highest BCUT2D eigenvalue weighted by Crippen LogP contribution is 2.30. The van der Waals surface area contributed by atoms with Crippen molar-refractivity contribution in [3.05, 3.63) is 44.5 Å². The van der Waals surface area contributed by atoms with Crippen molar-refractivity contribution in [3.63, 3.8) is 0 Å². The van der Waals surface area contributed by atoms with E-state index < -0.39 is 46.9 Å². The summed E-state index contributed by atoms with van der Waals surface area (Å²) in [5.41, 5.74) is -2.06. The summed E-state index contributed by atoms with van der Waals surface area (Å²) in [6.07, 6.45) is -4.15. The molecule has 11 heteroatoms. The van der Waals surface area contributed by atoms with E-state index in [1.54, 1.807) is 6.92 Å². The van der Waals surface area contributed by atoms with Crippen molar-refractivity contribution in [2.24, 2.45) is 0 Å². The van der Waals surface area contributed by atoms with Crippen molar-refractivity contribution in [2.75, 3.05) is 6.61 Å². The highest BCUT2D eigenvalue weighted by atomic mass is 35.5. The molecule has 2 rings (SSSR count). The lowest BCUT2D eigenvalue weighted by Gasteiger charge is -2.27. The van der Waals surface area contributed by atoms with E-state index in [-0.39, 0.29) is 17.9 Å². The van der Waals surface area contributed by atoms with Crippen LogP contribution in [0.1, 0.15) is 19.4 Å². The van der Waals surface area contributed by atoms with Crippen LogP contribution in [0.25, 0.3) is 0 Å². The zero-order chi connectivity index (χ0) is 19.6. The van der Waals surface area contributed by atoms with Crippen molar-refractivity contribution in [3.8, 4) is 0 Å². The topological polar surface area (TPSA) is 89.4 Å². The molecular weight excluding hydrogens is 379 g/mol. The molecule has 2 amide bonds. The Morgan fingerprint density at radius 3 is 2.62 bits per heavy atom. The van der Waals surface area contributed by atoms with Crippen molar-refractivity contribution < 1.29 is 27.5 Å². The van der Waals surface area contributed by atoms with Crippen LogP contribution in [0.3, 0.4) is 0 Å². The van der Waals surface area contributed by atoms with Gasteiger partial charge in [-0.2, -0.15) is 13.2 Å². The predicted molar refractivity (Wildman–Crippen MR) is 85.5 cm³/mol. The van der Waals surface area contributed by atoms with Crippen molar-refractivity contribution in [2.45, 2.75) is 32.6 Å². The predicted octanol–water partition coefficient (Wildman–Crippen LogP) is 2.04. The van der Waals surface area contributed by atoms with Crippen LogP contribution in [-0.2, 0) is 22.3 Å². The van der Waals surface area contributed by atoms with Gasteiger partial charge < -0.3 is 19.9 Å². The molecule has 0 aromatic carbocycles. The molecule has 0 unspecified atom stereocenters. The molecule has 7 nitrogen and oxygen atoms in total. The zero-order valence-electron chi connectivity index (χ0n) is 13.7. The molecule has 1 atom stereocenters. The van der Waals surface area contributed by atoms with E-state index in [0.717, 1.165) is 0 Å². The Morgan fingerprint density at radius 2 is 2.04 bits per heavy atom. The number of pyridine rings is 1. The van der Waals surface area contributed by atoms with Crippen molar-refractivity contribution in [1.29, 1.82) is 0 Å². The van der Waals surface area contributed by atoms with E-state index in [1.807, 2.05) is 0 Å². The Hall–Kier alpha value is -2.49. The second kappa shape index (κ2) is 7.40. The summed E-state index contributed by atoms with van der Waals surface area (Å²) in [6.45, 7) is 2.65. The number of nitrogens with one attached hydrogen (secondary N) is 2. The molecule has 26 heavy (non-hydrogen) atoms. The fourth-order valence-electron chi connectivity index (χ4n) is 2.45. The average Bonchev–Trinajstić information content (AvgIpc) is 2.50. The smallest absolute Gasteiger partial charge is 0.417 e. The van der Waals surface area contributed by atoms with Crippen LogP contribution in [0.2, 0.25) is 5.02 Å². The lowest BCUT2D eigenvalue weighted by Crippen LogP contribution is -2.50. The first-order chi connectivity index (χ1) is 12.0. The molecule has 0 saturated carbocycles. The molecule has 0 bridgehead atoms. The first-order valence-corrected chi connectivity index (χ1v) is 7.87. The van der Waals surface area contributed by atoms with Crippen LogP contribution < -0.4 is 16.2 Å². The summed E-state index contributed by atoms with van der Waals surface area (Å²) < 4.78 is 44.4. The van der Waals surface area contributed by atoms with E-state index in [4.69, 9.17) is 16.3 Å². The first kappa shape index (κ1) is 19.8. The van der Waals surface area contributed by atoms with Gasteiger partial charge in [-0.3, -0.25) is 4.79 Å². The molecule has 1 aromatic rings. The summed E-state index contributed by atoms with van der Waals surface area (Å²) in [6, 6.07) is -0.897. The number of rotatable bonds is 4. The van der Waals surface area contributed by atoms with E-state index in [2.05, 4.69) is 10.6 Å². The lowest BCUT2D eigenvalue weighted by molar-refractivity contribution is -0.139. The molecular formula is C15H15ClF3N3O4. The number of alkyl halides is 3. The van der Waals surface area contributed by atoms with Gasteiger partial charge in [0.15, 0.2) is 0 Å². The molecule has 0 aliphatic carbocycles. The van der Waals surface area contributed by atoms with Gasteiger partial charge in [-0.1, -0.05) is 11.6 Å². The monoisotopic (exact) mass is 393 g/mol. The van der Waals surface area contributed by atoms with Crippen molar-refractivity contribution >= 4 is 23.6 Å². The fraction of sp³-hybridized carbons (Fsp3) is 0.400. The van der Waals surface area contributed by atoms with Crippen LogP contribution in [0, 0.1) is 0 Å². The van der Waals surface area contributed by atoms with Crippen LogP contribution in [0.5, 0.6) is 0 Å². The number of halogens is 4. The number of allylic oxidation sites excluding steroid dienone is 1. The Bertz CT molecular complexity index is 832. The summed E-state index contributed by atoms with van der Waals surface area (Å²) >= 11 is 5.61. The van der Waals surface area contributed by atoms with Gasteiger partial charge in [0.2, 0.25) is 0 Å². The summed E-state index contributed by atoms with van der Waals surface area (Å²) in [7, 11) is 0. The van der Waals surface area contributed by atoms with Gasteiger partial charge in [0.25, 0.3) is 5.56 Å². The highest BCUT2D eigenvalue weighted by Gasteiger charge is 2.33. The lowest BCUT2D eigenvalue weighted by atomic mass is 10.0. The SMILES string of the molecule is CCOC(=O)C1=C(Cn2cc(C(F)(F)F)cc(Cl)c2=O)NC(=O)N[C@@H]1C.